The summed E-state index contributed by atoms with van der Waals surface area (Å²) in [5.74, 6) is -0.359. The van der Waals surface area contributed by atoms with Crippen LogP contribution in [0.1, 0.15) is 70.4 Å². The Morgan fingerprint density at radius 3 is 2.56 bits per heavy atom. The molecule has 4 aliphatic rings. The van der Waals surface area contributed by atoms with Crippen LogP contribution in [0.5, 0.6) is 0 Å². The lowest BCUT2D eigenvalue weighted by molar-refractivity contribution is -0.157. The molecule has 186 valence electrons. The molecular formula is C27H37NO5S. The summed E-state index contributed by atoms with van der Waals surface area (Å²) in [6.45, 7) is 7.09. The van der Waals surface area contributed by atoms with E-state index in [-0.39, 0.29) is 35.5 Å². The number of nitrogens with zero attached hydrogens (tertiary/aromatic N) is 1. The van der Waals surface area contributed by atoms with Gasteiger partial charge >= 0.3 is 5.97 Å². The third kappa shape index (κ3) is 3.34. The number of allylic oxidation sites excluding steroid dienone is 1. The van der Waals surface area contributed by atoms with Crippen LogP contribution in [0.2, 0.25) is 0 Å². The monoisotopic (exact) mass is 487 g/mol. The first-order valence-electron chi connectivity index (χ1n) is 12.6. The van der Waals surface area contributed by atoms with Gasteiger partial charge in [-0.25, -0.2) is 12.7 Å². The molecular weight excluding hydrogens is 450 g/mol. The molecule has 6 nitrogen and oxygen atoms in total. The van der Waals surface area contributed by atoms with Gasteiger partial charge in [-0.05, 0) is 61.5 Å². The Morgan fingerprint density at radius 1 is 1.18 bits per heavy atom. The molecule has 3 aliphatic carbocycles. The van der Waals surface area contributed by atoms with Crippen molar-refractivity contribution in [2.75, 3.05) is 25.4 Å². The van der Waals surface area contributed by atoms with Gasteiger partial charge in [0.1, 0.15) is 0 Å². The van der Waals surface area contributed by atoms with Crippen molar-refractivity contribution in [1.29, 1.82) is 0 Å². The second-order valence-electron chi connectivity index (χ2n) is 11.5. The van der Waals surface area contributed by atoms with Crippen molar-refractivity contribution in [3.05, 3.63) is 41.5 Å². The third-order valence-corrected chi connectivity index (χ3v) is 11.9. The van der Waals surface area contributed by atoms with Crippen molar-refractivity contribution in [2.45, 2.75) is 70.3 Å². The Kier molecular flexibility index (Phi) is 5.58. The lowest BCUT2D eigenvalue weighted by Crippen LogP contribution is -2.57. The zero-order chi connectivity index (χ0) is 24.4. The Labute approximate surface area is 203 Å². The van der Waals surface area contributed by atoms with E-state index < -0.39 is 27.0 Å². The Bertz CT molecular complexity index is 1120. The molecule has 5 rings (SSSR count). The van der Waals surface area contributed by atoms with E-state index in [1.165, 1.54) is 11.1 Å². The quantitative estimate of drug-likeness (QED) is 0.616. The normalized spacial score (nSPS) is 33.4. The number of benzene rings is 1. The smallest absolute Gasteiger partial charge is 0.308 e. The van der Waals surface area contributed by atoms with Gasteiger partial charge in [0.2, 0.25) is 10.0 Å². The van der Waals surface area contributed by atoms with Crippen molar-refractivity contribution in [2.24, 2.45) is 16.7 Å². The largest absolute Gasteiger partial charge is 0.466 e. The number of esters is 1. The minimum atomic E-state index is -3.63. The van der Waals surface area contributed by atoms with E-state index in [9.17, 15) is 18.3 Å². The minimum absolute atomic E-state index is 0.0867. The van der Waals surface area contributed by atoms with E-state index >= 15 is 0 Å². The van der Waals surface area contributed by atoms with Gasteiger partial charge in [-0.3, -0.25) is 4.79 Å². The maximum atomic E-state index is 13.8. The molecule has 1 heterocycles. The molecule has 1 aromatic carbocycles. The molecule has 2 saturated carbocycles. The molecule has 34 heavy (non-hydrogen) atoms. The summed E-state index contributed by atoms with van der Waals surface area (Å²) in [6, 6.07) is 8.37. The average Bonchev–Trinajstić information content (AvgIpc) is 3.30. The van der Waals surface area contributed by atoms with E-state index in [1.807, 2.05) is 6.07 Å². The van der Waals surface area contributed by atoms with Gasteiger partial charge in [0.15, 0.2) is 0 Å². The number of hydrogen-bond donors (Lipinski definition) is 1. The number of ether oxygens (including phenoxy) is 1. The molecule has 1 spiro atoms. The first kappa shape index (κ1) is 24.0. The third-order valence-electron chi connectivity index (χ3n) is 9.91. The summed E-state index contributed by atoms with van der Waals surface area (Å²) in [5.41, 5.74) is -0.146. The SMILES string of the molecule is CCOC(=O)CC1(O)CC2CCC1(CS(=O)(=O)N1CCC3(C=Cc4ccccc43)CC1)C2(C)C. The van der Waals surface area contributed by atoms with Crippen LogP contribution < -0.4 is 0 Å². The molecule has 2 bridgehead atoms. The second-order valence-corrected chi connectivity index (χ2v) is 13.5. The summed E-state index contributed by atoms with van der Waals surface area (Å²) in [7, 11) is -3.63. The zero-order valence-corrected chi connectivity index (χ0v) is 21.4. The molecule has 3 unspecified atom stereocenters. The highest BCUT2D eigenvalue weighted by Gasteiger charge is 2.72. The summed E-state index contributed by atoms with van der Waals surface area (Å²) < 4.78 is 34.5. The number of aliphatic hydroxyl groups is 1. The Hall–Kier alpha value is -1.70. The molecule has 1 aliphatic heterocycles. The first-order valence-corrected chi connectivity index (χ1v) is 14.2. The van der Waals surface area contributed by atoms with Crippen molar-refractivity contribution in [1.82, 2.24) is 4.31 Å². The molecule has 3 fully saturated rings. The van der Waals surface area contributed by atoms with Gasteiger partial charge in [0.05, 0.1) is 24.4 Å². The van der Waals surface area contributed by atoms with Gasteiger partial charge in [0, 0.05) is 23.9 Å². The lowest BCUT2D eigenvalue weighted by Gasteiger charge is -2.48. The van der Waals surface area contributed by atoms with Crippen LogP contribution in [-0.2, 0) is 25.0 Å². The molecule has 0 radical (unpaired) electrons. The minimum Gasteiger partial charge on any atom is -0.466 e. The van der Waals surface area contributed by atoms with E-state index in [2.05, 4.69) is 44.2 Å². The van der Waals surface area contributed by atoms with Crippen molar-refractivity contribution >= 4 is 22.1 Å². The fourth-order valence-corrected chi connectivity index (χ4v) is 10.1. The van der Waals surface area contributed by atoms with E-state index in [0.717, 1.165) is 19.3 Å². The molecule has 0 amide bonds. The highest BCUT2D eigenvalue weighted by atomic mass is 32.2. The number of sulfonamides is 1. The first-order chi connectivity index (χ1) is 16.0. The fraction of sp³-hybridized carbons (Fsp3) is 0.667. The zero-order valence-electron chi connectivity index (χ0n) is 20.5. The van der Waals surface area contributed by atoms with Gasteiger partial charge in [0.25, 0.3) is 0 Å². The van der Waals surface area contributed by atoms with Crippen LogP contribution in [0.15, 0.2) is 30.3 Å². The number of fused-ring (bicyclic) bond motifs is 4. The molecule has 1 aromatic rings. The van der Waals surface area contributed by atoms with Crippen LogP contribution >= 0.6 is 0 Å². The van der Waals surface area contributed by atoms with Gasteiger partial charge in [-0.2, -0.15) is 0 Å². The summed E-state index contributed by atoms with van der Waals surface area (Å²) in [6.07, 6.45) is 7.75. The second kappa shape index (κ2) is 7.90. The fourth-order valence-electron chi connectivity index (χ4n) is 7.81. The molecule has 1 saturated heterocycles. The topological polar surface area (TPSA) is 83.9 Å². The Morgan fingerprint density at radius 2 is 1.88 bits per heavy atom. The van der Waals surface area contributed by atoms with Gasteiger partial charge in [-0.1, -0.05) is 50.3 Å². The summed E-state index contributed by atoms with van der Waals surface area (Å²) >= 11 is 0. The number of carbonyl (C=O) groups excluding carboxylic acids is 1. The number of hydrogen-bond acceptors (Lipinski definition) is 5. The van der Waals surface area contributed by atoms with E-state index in [4.69, 9.17) is 4.74 Å². The van der Waals surface area contributed by atoms with Gasteiger partial charge in [-0.15, -0.1) is 0 Å². The average molecular weight is 488 g/mol. The maximum absolute atomic E-state index is 13.8. The van der Waals surface area contributed by atoms with Gasteiger partial charge < -0.3 is 9.84 Å². The highest BCUT2D eigenvalue weighted by molar-refractivity contribution is 7.89. The maximum Gasteiger partial charge on any atom is 0.308 e. The number of rotatable bonds is 6. The predicted molar refractivity (Wildman–Crippen MR) is 132 cm³/mol. The van der Waals surface area contributed by atoms with Crippen molar-refractivity contribution in [3.8, 4) is 0 Å². The van der Waals surface area contributed by atoms with Crippen LogP contribution in [0.3, 0.4) is 0 Å². The van der Waals surface area contributed by atoms with Crippen LogP contribution in [0.4, 0.5) is 0 Å². The molecule has 3 atom stereocenters. The number of carbonyl (C=O) groups is 1. The molecule has 0 aromatic heterocycles. The van der Waals surface area contributed by atoms with Crippen molar-refractivity contribution < 1.29 is 23.1 Å². The lowest BCUT2D eigenvalue weighted by atomic mass is 9.63. The van der Waals surface area contributed by atoms with Crippen LogP contribution in [0, 0.1) is 16.7 Å². The number of piperidine rings is 1. The molecule has 7 heteroatoms. The summed E-state index contributed by atoms with van der Waals surface area (Å²) in [5, 5.41) is 11.8. The standard InChI is InChI=1S/C27H37NO5S/c1-4-33-23(29)18-27(30)17-21-10-12-26(27,24(21,2)3)19-34(31,32)28-15-13-25(14-16-28)11-9-20-7-5-6-8-22(20)25/h5-9,11,21,30H,4,10,12-19H2,1-3H3. The van der Waals surface area contributed by atoms with Crippen LogP contribution in [-0.4, -0.2) is 54.8 Å². The van der Waals surface area contributed by atoms with Crippen molar-refractivity contribution in [3.63, 3.8) is 0 Å². The molecule has 1 N–H and O–H groups in total. The summed E-state index contributed by atoms with van der Waals surface area (Å²) in [4.78, 5) is 12.4. The van der Waals surface area contributed by atoms with Crippen LogP contribution in [0.25, 0.3) is 6.08 Å². The Balaban J connectivity index is 1.38. The van der Waals surface area contributed by atoms with E-state index in [1.54, 1.807) is 11.2 Å². The highest BCUT2D eigenvalue weighted by Crippen LogP contribution is 2.71. The predicted octanol–water partition coefficient (Wildman–Crippen LogP) is 3.89. The van der Waals surface area contributed by atoms with E-state index in [0.29, 0.717) is 25.9 Å².